The molecule has 36 heavy (non-hydrogen) atoms. The number of nitrogens with one attached hydrogen (secondary N) is 2. The van der Waals surface area contributed by atoms with Crippen LogP contribution in [-0.4, -0.2) is 60.8 Å². The summed E-state index contributed by atoms with van der Waals surface area (Å²) in [7, 11) is 0. The smallest absolute Gasteiger partial charge is 0.484 e. The van der Waals surface area contributed by atoms with E-state index in [0.717, 1.165) is 12.1 Å². The number of benzene rings is 1. The van der Waals surface area contributed by atoms with Crippen molar-refractivity contribution in [1.29, 1.82) is 5.26 Å². The fourth-order valence-corrected chi connectivity index (χ4v) is 5.36. The number of fused-ring (bicyclic) bond motifs is 1. The highest BCUT2D eigenvalue weighted by Crippen LogP contribution is 2.64. The molecule has 1 saturated carbocycles. The summed E-state index contributed by atoms with van der Waals surface area (Å²) >= 11 is 0. The predicted octanol–water partition coefficient (Wildman–Crippen LogP) is 1.98. The van der Waals surface area contributed by atoms with Crippen molar-refractivity contribution in [3.63, 3.8) is 0 Å². The lowest BCUT2D eigenvalue weighted by Crippen LogP contribution is -2.53. The Balaban J connectivity index is 1.37. The van der Waals surface area contributed by atoms with Crippen LogP contribution in [-0.2, 0) is 14.4 Å². The molecule has 0 unspecified atom stereocenters. The standard InChI is InChI=1S/C24H27F3N4O5/c1-23(2)17-11-31(18(32)12-35-15-3-5-16(6-4-15)36-24(25,26)27)20(19(17)23)22(34)30-14(10-28)9-13-7-8-29-21(13)33/h3-6,13-14,17,19-20H,7-9,11-12H2,1-2H3,(H,29,33)(H,30,34)/t13-,14-,17-,19-,20-/m0/s1. The second-order valence-electron chi connectivity index (χ2n) is 9.96. The summed E-state index contributed by atoms with van der Waals surface area (Å²) in [5.74, 6) is -1.57. The van der Waals surface area contributed by atoms with Crippen molar-refractivity contribution in [3.05, 3.63) is 24.3 Å². The third kappa shape index (κ3) is 5.34. The number of piperidine rings is 1. The van der Waals surface area contributed by atoms with Crippen molar-refractivity contribution in [3.8, 4) is 17.6 Å². The van der Waals surface area contributed by atoms with Gasteiger partial charge in [-0.05, 0) is 54.4 Å². The van der Waals surface area contributed by atoms with Gasteiger partial charge in [0, 0.05) is 19.0 Å². The molecule has 9 nitrogen and oxygen atoms in total. The predicted molar refractivity (Wildman–Crippen MR) is 118 cm³/mol. The molecule has 2 aliphatic heterocycles. The Labute approximate surface area is 205 Å². The number of halogens is 3. The first-order valence-corrected chi connectivity index (χ1v) is 11.7. The van der Waals surface area contributed by atoms with E-state index in [0.29, 0.717) is 19.5 Å². The number of amides is 3. The van der Waals surface area contributed by atoms with Crippen LogP contribution in [0.5, 0.6) is 11.5 Å². The van der Waals surface area contributed by atoms with Crippen LogP contribution >= 0.6 is 0 Å². The lowest BCUT2D eigenvalue weighted by molar-refractivity contribution is -0.274. The van der Waals surface area contributed by atoms with Gasteiger partial charge in [-0.2, -0.15) is 5.26 Å². The second-order valence-corrected chi connectivity index (χ2v) is 9.96. The van der Waals surface area contributed by atoms with Gasteiger partial charge in [0.25, 0.3) is 5.91 Å². The van der Waals surface area contributed by atoms with Crippen molar-refractivity contribution < 1.29 is 37.0 Å². The summed E-state index contributed by atoms with van der Waals surface area (Å²) in [6.07, 6.45) is -4.02. The summed E-state index contributed by atoms with van der Waals surface area (Å²) in [4.78, 5) is 39.5. The molecule has 1 aromatic rings. The minimum absolute atomic E-state index is 0.0747. The zero-order chi connectivity index (χ0) is 26.3. The van der Waals surface area contributed by atoms with Gasteiger partial charge >= 0.3 is 6.36 Å². The number of hydrogen-bond donors (Lipinski definition) is 2. The van der Waals surface area contributed by atoms with E-state index in [1.165, 1.54) is 17.0 Å². The van der Waals surface area contributed by atoms with Gasteiger partial charge in [-0.1, -0.05) is 13.8 Å². The molecule has 0 spiro atoms. The van der Waals surface area contributed by atoms with Gasteiger partial charge in [0.05, 0.1) is 6.07 Å². The summed E-state index contributed by atoms with van der Waals surface area (Å²) in [5, 5.41) is 15.0. The number of carbonyl (C=O) groups is 3. The van der Waals surface area contributed by atoms with Gasteiger partial charge in [0.15, 0.2) is 6.61 Å². The molecule has 3 fully saturated rings. The van der Waals surface area contributed by atoms with Crippen LogP contribution in [0.1, 0.15) is 26.7 Å². The Morgan fingerprint density at radius 1 is 1.28 bits per heavy atom. The number of nitrogens with zero attached hydrogens (tertiary/aromatic N) is 2. The Hall–Kier alpha value is -3.49. The van der Waals surface area contributed by atoms with E-state index < -0.39 is 42.6 Å². The van der Waals surface area contributed by atoms with Gasteiger partial charge in [0.2, 0.25) is 11.8 Å². The molecule has 0 aromatic heterocycles. The van der Waals surface area contributed by atoms with Gasteiger partial charge < -0.3 is 25.0 Å². The van der Waals surface area contributed by atoms with E-state index in [9.17, 15) is 32.8 Å². The largest absolute Gasteiger partial charge is 0.573 e. The number of rotatable bonds is 8. The molecule has 2 N–H and O–H groups in total. The van der Waals surface area contributed by atoms with Crippen molar-refractivity contribution in [1.82, 2.24) is 15.5 Å². The van der Waals surface area contributed by atoms with Crippen LogP contribution in [0.4, 0.5) is 13.2 Å². The second kappa shape index (κ2) is 9.52. The number of hydrogen-bond acceptors (Lipinski definition) is 6. The molecule has 3 aliphatic rings. The van der Waals surface area contributed by atoms with E-state index in [1.807, 2.05) is 19.9 Å². The van der Waals surface area contributed by atoms with Crippen LogP contribution in [0.25, 0.3) is 0 Å². The van der Waals surface area contributed by atoms with Gasteiger partial charge in [0.1, 0.15) is 23.6 Å². The number of nitriles is 1. The van der Waals surface area contributed by atoms with Crippen molar-refractivity contribution >= 4 is 17.7 Å². The summed E-state index contributed by atoms with van der Waals surface area (Å²) in [6.45, 7) is 4.54. The molecule has 0 radical (unpaired) electrons. The van der Waals surface area contributed by atoms with E-state index >= 15 is 0 Å². The Morgan fingerprint density at radius 2 is 1.94 bits per heavy atom. The quantitative estimate of drug-likeness (QED) is 0.554. The zero-order valence-corrected chi connectivity index (χ0v) is 19.8. The average molecular weight is 508 g/mol. The Kier molecular flexibility index (Phi) is 6.77. The van der Waals surface area contributed by atoms with Crippen LogP contribution in [0.2, 0.25) is 0 Å². The highest BCUT2D eigenvalue weighted by molar-refractivity contribution is 5.90. The van der Waals surface area contributed by atoms with Crippen molar-refractivity contribution in [2.24, 2.45) is 23.2 Å². The molecule has 12 heteroatoms. The van der Waals surface area contributed by atoms with Gasteiger partial charge in [-0.25, -0.2) is 0 Å². The van der Waals surface area contributed by atoms with Gasteiger partial charge in [-0.3, -0.25) is 14.4 Å². The molecular formula is C24H27F3N4O5. The van der Waals surface area contributed by atoms with E-state index in [1.54, 1.807) is 0 Å². The molecule has 4 rings (SSSR count). The molecule has 0 bridgehead atoms. The minimum Gasteiger partial charge on any atom is -0.484 e. The van der Waals surface area contributed by atoms with E-state index in [2.05, 4.69) is 15.4 Å². The number of carbonyl (C=O) groups excluding carboxylic acids is 3. The summed E-state index contributed by atoms with van der Waals surface area (Å²) < 4.78 is 46.2. The van der Waals surface area contributed by atoms with E-state index in [4.69, 9.17) is 4.74 Å². The van der Waals surface area contributed by atoms with E-state index in [-0.39, 0.29) is 41.2 Å². The number of likely N-dealkylation sites (tertiary alicyclic amines) is 1. The number of ether oxygens (including phenoxy) is 2. The van der Waals surface area contributed by atoms with Crippen LogP contribution in [0.15, 0.2) is 24.3 Å². The first kappa shape index (κ1) is 25.6. The molecule has 5 atom stereocenters. The lowest BCUT2D eigenvalue weighted by Gasteiger charge is -2.30. The average Bonchev–Trinajstić information content (AvgIpc) is 3.16. The summed E-state index contributed by atoms with van der Waals surface area (Å²) in [5.41, 5.74) is -0.137. The fraction of sp³-hybridized carbons (Fsp3) is 0.583. The molecule has 1 aromatic carbocycles. The van der Waals surface area contributed by atoms with Crippen molar-refractivity contribution in [2.45, 2.75) is 45.1 Å². The lowest BCUT2D eigenvalue weighted by atomic mass is 9.97. The van der Waals surface area contributed by atoms with Crippen LogP contribution in [0, 0.1) is 34.5 Å². The normalized spacial score (nSPS) is 26.9. The number of alkyl halides is 3. The maximum atomic E-state index is 13.2. The SMILES string of the molecule is CC1(C)[C@@H]2[C@@H](C(=O)N[C@H](C#N)C[C@@H]3CCNC3=O)N(C(=O)COc3ccc(OC(F)(F)F)cc3)C[C@@H]21. The maximum absolute atomic E-state index is 13.2. The summed E-state index contributed by atoms with van der Waals surface area (Å²) in [6, 6.07) is 5.04. The Bertz CT molecular complexity index is 1070. The third-order valence-corrected chi connectivity index (χ3v) is 7.37. The molecule has 1 aliphatic carbocycles. The Morgan fingerprint density at radius 3 is 2.53 bits per heavy atom. The highest BCUT2D eigenvalue weighted by Gasteiger charge is 2.69. The molecule has 3 amide bonds. The van der Waals surface area contributed by atoms with Crippen LogP contribution < -0.4 is 20.1 Å². The molecule has 2 saturated heterocycles. The third-order valence-electron chi connectivity index (χ3n) is 7.37. The van der Waals surface area contributed by atoms with Crippen molar-refractivity contribution in [2.75, 3.05) is 19.7 Å². The van der Waals surface area contributed by atoms with Crippen LogP contribution in [0.3, 0.4) is 0 Å². The first-order valence-electron chi connectivity index (χ1n) is 11.7. The molecule has 194 valence electrons. The monoisotopic (exact) mass is 508 g/mol. The molecular weight excluding hydrogens is 481 g/mol. The maximum Gasteiger partial charge on any atom is 0.573 e. The van der Waals surface area contributed by atoms with Gasteiger partial charge in [-0.15, -0.1) is 13.2 Å². The topological polar surface area (TPSA) is 121 Å². The minimum atomic E-state index is -4.81. The molecule has 2 heterocycles. The zero-order valence-electron chi connectivity index (χ0n) is 19.8. The fourth-order valence-electron chi connectivity index (χ4n) is 5.36. The first-order chi connectivity index (χ1) is 16.9. The highest BCUT2D eigenvalue weighted by atomic mass is 19.4.